The molecule has 0 bridgehead atoms. The second-order valence-electron chi connectivity index (χ2n) is 7.43. The van der Waals surface area contributed by atoms with Crippen LogP contribution < -0.4 is 20.5 Å². The first-order chi connectivity index (χ1) is 14.1. The molecule has 0 fully saturated rings. The fraction of sp³-hybridized carbons (Fsp3) is 0.476. The van der Waals surface area contributed by atoms with E-state index in [0.29, 0.717) is 11.5 Å². The fourth-order valence-corrected chi connectivity index (χ4v) is 2.44. The molecule has 1 aromatic carbocycles. The van der Waals surface area contributed by atoms with Gasteiger partial charge in [-0.05, 0) is 45.4 Å². The Hall–Kier alpha value is -3.25. The molecular formula is C21H30N4O5. The minimum Gasteiger partial charge on any atom is -0.493 e. The smallest absolute Gasteiger partial charge is 0.414 e. The van der Waals surface area contributed by atoms with Crippen LogP contribution in [0, 0.1) is 11.3 Å². The summed E-state index contributed by atoms with van der Waals surface area (Å²) in [5, 5.41) is 12.2. The number of ether oxygens (including phenoxy) is 3. The van der Waals surface area contributed by atoms with Crippen LogP contribution in [0.3, 0.4) is 0 Å². The Morgan fingerprint density at radius 1 is 1.27 bits per heavy atom. The molecule has 1 unspecified atom stereocenters. The second-order valence-corrected chi connectivity index (χ2v) is 7.43. The molecule has 0 heterocycles. The van der Waals surface area contributed by atoms with Gasteiger partial charge < -0.3 is 25.3 Å². The van der Waals surface area contributed by atoms with Crippen molar-refractivity contribution in [3.8, 4) is 17.6 Å². The molecule has 0 aromatic heterocycles. The van der Waals surface area contributed by atoms with Crippen LogP contribution in [0.15, 0.2) is 30.0 Å². The van der Waals surface area contributed by atoms with E-state index in [1.807, 2.05) is 6.07 Å². The van der Waals surface area contributed by atoms with Gasteiger partial charge in [0.15, 0.2) is 11.5 Å². The number of methoxy groups -OCH3 is 2. The average molecular weight is 418 g/mol. The molecule has 0 aliphatic rings. The second kappa shape index (κ2) is 11.1. The molecule has 1 atom stereocenters. The van der Waals surface area contributed by atoms with Gasteiger partial charge in [-0.1, -0.05) is 6.07 Å². The third-order valence-electron chi connectivity index (χ3n) is 3.90. The molecule has 0 saturated carbocycles. The van der Waals surface area contributed by atoms with Crippen LogP contribution in [0.2, 0.25) is 0 Å². The van der Waals surface area contributed by atoms with Crippen LogP contribution in [0.25, 0.3) is 0 Å². The maximum Gasteiger partial charge on any atom is 0.414 e. The van der Waals surface area contributed by atoms with Gasteiger partial charge in [-0.25, -0.2) is 4.79 Å². The number of nitrogens with one attached hydrogen (secondary N) is 1. The molecular weight excluding hydrogens is 388 g/mol. The molecule has 0 aliphatic heterocycles. The van der Waals surface area contributed by atoms with Gasteiger partial charge in [0.2, 0.25) is 0 Å². The number of hydrogen-bond acceptors (Lipinski definition) is 7. The summed E-state index contributed by atoms with van der Waals surface area (Å²) in [7, 11) is 3.05. The van der Waals surface area contributed by atoms with Crippen LogP contribution in [-0.2, 0) is 9.53 Å². The lowest BCUT2D eigenvalue weighted by atomic mass is 10.1. The number of nitriles is 1. The number of rotatable bonds is 8. The molecule has 0 spiro atoms. The molecule has 9 heteroatoms. The van der Waals surface area contributed by atoms with Crippen molar-refractivity contribution in [3.63, 3.8) is 0 Å². The van der Waals surface area contributed by atoms with Crippen LogP contribution in [0.4, 0.5) is 4.79 Å². The molecule has 9 nitrogen and oxygen atoms in total. The highest BCUT2D eigenvalue weighted by Gasteiger charge is 2.23. The molecule has 0 radical (unpaired) electrons. The molecule has 1 aromatic rings. The maximum absolute atomic E-state index is 12.6. The summed E-state index contributed by atoms with van der Waals surface area (Å²) < 4.78 is 15.8. The third kappa shape index (κ3) is 7.29. The van der Waals surface area contributed by atoms with E-state index < -0.39 is 23.6 Å². The van der Waals surface area contributed by atoms with Crippen molar-refractivity contribution in [3.05, 3.63) is 35.5 Å². The van der Waals surface area contributed by atoms with Gasteiger partial charge in [0.25, 0.3) is 5.91 Å². The van der Waals surface area contributed by atoms with E-state index >= 15 is 0 Å². The summed E-state index contributed by atoms with van der Waals surface area (Å²) in [6.07, 6.45) is 0.457. The van der Waals surface area contributed by atoms with Crippen molar-refractivity contribution in [2.24, 2.45) is 5.73 Å². The number of nitrogens with zero attached hydrogens (tertiary/aromatic N) is 2. The van der Waals surface area contributed by atoms with E-state index in [-0.39, 0.29) is 18.7 Å². The number of benzene rings is 1. The van der Waals surface area contributed by atoms with Crippen molar-refractivity contribution in [1.29, 1.82) is 5.26 Å². The zero-order valence-electron chi connectivity index (χ0n) is 18.3. The van der Waals surface area contributed by atoms with E-state index in [2.05, 4.69) is 5.32 Å². The SMILES string of the molecule is COc1ccc(C(C)NC(=O)/C(C#N)=C\N(CCN)C(=O)OC(C)(C)C)cc1OC. The molecule has 30 heavy (non-hydrogen) atoms. The molecule has 2 amide bonds. The van der Waals surface area contributed by atoms with Crippen molar-refractivity contribution in [2.45, 2.75) is 39.3 Å². The Balaban J connectivity index is 3.02. The Morgan fingerprint density at radius 2 is 1.90 bits per heavy atom. The Kier molecular flexibility index (Phi) is 9.15. The number of nitrogens with two attached hydrogens (primary N) is 1. The van der Waals surface area contributed by atoms with Crippen molar-refractivity contribution in [1.82, 2.24) is 10.2 Å². The van der Waals surface area contributed by atoms with Crippen molar-refractivity contribution >= 4 is 12.0 Å². The zero-order valence-corrected chi connectivity index (χ0v) is 18.3. The summed E-state index contributed by atoms with van der Waals surface area (Å²) in [6.45, 7) is 7.16. The summed E-state index contributed by atoms with van der Waals surface area (Å²) in [6, 6.07) is 6.63. The quantitative estimate of drug-likeness (QED) is 0.490. The monoisotopic (exact) mass is 418 g/mol. The highest BCUT2D eigenvalue weighted by atomic mass is 16.6. The normalized spacial score (nSPS) is 12.4. The standard InChI is InChI=1S/C21H30N4O5/c1-14(15-7-8-17(28-5)18(11-15)29-6)24-19(26)16(12-23)13-25(10-9-22)20(27)30-21(2,3)4/h7-8,11,13-14H,9-10,22H2,1-6H3,(H,24,26)/b16-13-. The minimum atomic E-state index is -0.727. The Labute approximate surface area is 177 Å². The lowest BCUT2D eigenvalue weighted by Gasteiger charge is -2.25. The first-order valence-electron chi connectivity index (χ1n) is 9.40. The summed E-state index contributed by atoms with van der Waals surface area (Å²) in [5.74, 6) is 0.448. The van der Waals surface area contributed by atoms with E-state index in [1.165, 1.54) is 14.2 Å². The average Bonchev–Trinajstić information content (AvgIpc) is 2.68. The topological polar surface area (TPSA) is 127 Å². The highest BCUT2D eigenvalue weighted by Crippen LogP contribution is 2.29. The van der Waals surface area contributed by atoms with Crippen LogP contribution >= 0.6 is 0 Å². The van der Waals surface area contributed by atoms with Crippen LogP contribution in [0.5, 0.6) is 11.5 Å². The predicted octanol–water partition coefficient (Wildman–Crippen LogP) is 2.48. The van der Waals surface area contributed by atoms with Crippen molar-refractivity contribution < 1.29 is 23.8 Å². The highest BCUT2D eigenvalue weighted by molar-refractivity contribution is 5.97. The van der Waals surface area contributed by atoms with Gasteiger partial charge in [0.1, 0.15) is 17.2 Å². The van der Waals surface area contributed by atoms with Crippen molar-refractivity contribution in [2.75, 3.05) is 27.3 Å². The van der Waals surface area contributed by atoms with E-state index in [0.717, 1.165) is 16.7 Å². The van der Waals surface area contributed by atoms with E-state index in [1.54, 1.807) is 45.9 Å². The summed E-state index contributed by atoms with van der Waals surface area (Å²) in [5.41, 5.74) is 5.33. The van der Waals surface area contributed by atoms with Crippen LogP contribution in [0.1, 0.15) is 39.3 Å². The zero-order chi connectivity index (χ0) is 22.9. The van der Waals surface area contributed by atoms with Gasteiger partial charge in [-0.2, -0.15) is 5.26 Å². The lowest BCUT2D eigenvalue weighted by Crippen LogP contribution is -2.37. The summed E-state index contributed by atoms with van der Waals surface area (Å²) >= 11 is 0. The number of hydrogen-bond donors (Lipinski definition) is 2. The minimum absolute atomic E-state index is 0.0958. The number of carbonyl (C=O) groups excluding carboxylic acids is 2. The third-order valence-corrected chi connectivity index (χ3v) is 3.90. The molecule has 0 aliphatic carbocycles. The maximum atomic E-state index is 12.6. The fourth-order valence-electron chi connectivity index (χ4n) is 2.44. The Morgan fingerprint density at radius 3 is 2.40 bits per heavy atom. The molecule has 0 saturated heterocycles. The number of amides is 2. The Bertz CT molecular complexity index is 824. The molecule has 3 N–H and O–H groups in total. The first-order valence-corrected chi connectivity index (χ1v) is 9.40. The lowest BCUT2D eigenvalue weighted by molar-refractivity contribution is -0.117. The number of carbonyl (C=O) groups is 2. The predicted molar refractivity (Wildman–Crippen MR) is 112 cm³/mol. The van der Waals surface area contributed by atoms with Gasteiger partial charge in [-0.15, -0.1) is 0 Å². The molecule has 164 valence electrons. The summed E-state index contributed by atoms with van der Waals surface area (Å²) in [4.78, 5) is 26.1. The van der Waals surface area contributed by atoms with Gasteiger partial charge >= 0.3 is 6.09 Å². The van der Waals surface area contributed by atoms with Crippen LogP contribution in [-0.4, -0.2) is 49.8 Å². The molecule has 1 rings (SSSR count). The van der Waals surface area contributed by atoms with Gasteiger partial charge in [-0.3, -0.25) is 9.69 Å². The van der Waals surface area contributed by atoms with Gasteiger partial charge in [0.05, 0.1) is 20.3 Å². The first kappa shape index (κ1) is 24.8. The largest absolute Gasteiger partial charge is 0.493 e. The van der Waals surface area contributed by atoms with E-state index in [4.69, 9.17) is 19.9 Å². The van der Waals surface area contributed by atoms with E-state index in [9.17, 15) is 14.9 Å². The van der Waals surface area contributed by atoms with Gasteiger partial charge in [0, 0.05) is 19.3 Å².